The topological polar surface area (TPSA) is 71.2 Å². The van der Waals surface area contributed by atoms with Crippen molar-refractivity contribution >= 4 is 11.3 Å². The number of hydrogen-bond donors (Lipinski definition) is 0. The van der Waals surface area contributed by atoms with Crippen LogP contribution >= 0.6 is 11.3 Å². The van der Waals surface area contributed by atoms with Gasteiger partial charge in [-0.05, 0) is 33.1 Å². The van der Waals surface area contributed by atoms with Gasteiger partial charge in [0.2, 0.25) is 0 Å². The molecule has 0 N–H and O–H groups in total. The second-order valence-corrected chi connectivity index (χ2v) is 7.76. The van der Waals surface area contributed by atoms with Crippen molar-refractivity contribution in [1.82, 2.24) is 19.3 Å². The van der Waals surface area contributed by atoms with Crippen LogP contribution in [0.1, 0.15) is 68.9 Å². The summed E-state index contributed by atoms with van der Waals surface area (Å²) in [6.45, 7) is 9.17. The molecule has 0 aromatic carbocycles. The molecule has 0 aliphatic carbocycles. The second-order valence-electron chi connectivity index (χ2n) is 6.87. The highest BCUT2D eigenvalue weighted by Crippen LogP contribution is 2.33. The Labute approximate surface area is 151 Å². The van der Waals surface area contributed by atoms with Crippen LogP contribution in [0.25, 0.3) is 0 Å². The van der Waals surface area contributed by atoms with Crippen LogP contribution in [-0.4, -0.2) is 33.0 Å². The first-order valence-corrected chi connectivity index (χ1v) is 9.58. The third-order valence-electron chi connectivity index (χ3n) is 4.64. The van der Waals surface area contributed by atoms with Gasteiger partial charge < -0.3 is 9.47 Å². The average Bonchev–Trinajstić information content (AvgIpc) is 3.27. The normalized spacial score (nSPS) is 22.0. The van der Waals surface area contributed by atoms with E-state index in [0.717, 1.165) is 29.6 Å². The van der Waals surface area contributed by atoms with E-state index in [-0.39, 0.29) is 23.9 Å². The molecular formula is C17H26N4O3S. The van der Waals surface area contributed by atoms with Crippen molar-refractivity contribution in [3.05, 3.63) is 32.4 Å². The molecule has 3 rings (SSSR count). The quantitative estimate of drug-likeness (QED) is 0.786. The molecule has 0 radical (unpaired) electrons. The van der Waals surface area contributed by atoms with Gasteiger partial charge in [0.25, 0.3) is 0 Å². The van der Waals surface area contributed by atoms with Crippen LogP contribution in [0.15, 0.2) is 10.2 Å². The molecule has 0 bridgehead atoms. The van der Waals surface area contributed by atoms with Gasteiger partial charge in [0, 0.05) is 25.1 Å². The fraction of sp³-hybridized carbons (Fsp3) is 0.706. The zero-order valence-electron chi connectivity index (χ0n) is 15.4. The molecule has 1 aliphatic heterocycles. The summed E-state index contributed by atoms with van der Waals surface area (Å²) in [6.07, 6.45) is 0.830. The van der Waals surface area contributed by atoms with Gasteiger partial charge in [-0.25, -0.2) is 14.5 Å². The number of nitrogens with zero attached hydrogens (tertiary/aromatic N) is 4. The Kier molecular flexibility index (Phi) is 5.41. The molecule has 0 amide bonds. The third-order valence-corrected chi connectivity index (χ3v) is 5.69. The molecule has 0 unspecified atom stereocenters. The van der Waals surface area contributed by atoms with E-state index in [9.17, 15) is 4.79 Å². The van der Waals surface area contributed by atoms with Gasteiger partial charge in [-0.1, -0.05) is 6.92 Å². The first kappa shape index (κ1) is 18.3. The number of hydrogen-bond acceptors (Lipinski definition) is 6. The van der Waals surface area contributed by atoms with E-state index in [0.29, 0.717) is 12.5 Å². The highest BCUT2D eigenvalue weighted by molar-refractivity contribution is 7.09. The molecule has 2 aromatic rings. The Balaban J connectivity index is 1.92. The van der Waals surface area contributed by atoms with Crippen molar-refractivity contribution in [2.45, 2.75) is 58.9 Å². The van der Waals surface area contributed by atoms with E-state index in [1.807, 2.05) is 26.2 Å². The van der Waals surface area contributed by atoms with Gasteiger partial charge in [0.15, 0.2) is 5.82 Å². The van der Waals surface area contributed by atoms with Crippen molar-refractivity contribution in [3.8, 4) is 0 Å². The Hall–Kier alpha value is -1.51. The van der Waals surface area contributed by atoms with Gasteiger partial charge in [-0.2, -0.15) is 5.10 Å². The van der Waals surface area contributed by atoms with E-state index in [1.165, 1.54) is 16.0 Å². The molecule has 1 aliphatic rings. The zero-order chi connectivity index (χ0) is 18.1. The summed E-state index contributed by atoms with van der Waals surface area (Å²) in [6, 6.07) is 0.0344. The highest BCUT2D eigenvalue weighted by Gasteiger charge is 2.32. The molecule has 0 saturated carbocycles. The lowest BCUT2D eigenvalue weighted by molar-refractivity contribution is 0.0825. The molecule has 25 heavy (non-hydrogen) atoms. The van der Waals surface area contributed by atoms with Crippen molar-refractivity contribution in [1.29, 1.82) is 0 Å². The first-order valence-electron chi connectivity index (χ1n) is 8.70. The summed E-state index contributed by atoms with van der Waals surface area (Å²) in [5.74, 6) is 1.09. The van der Waals surface area contributed by atoms with Gasteiger partial charge in [-0.3, -0.25) is 4.57 Å². The highest BCUT2D eigenvalue weighted by atomic mass is 32.1. The van der Waals surface area contributed by atoms with Gasteiger partial charge in [0.05, 0.1) is 12.2 Å². The lowest BCUT2D eigenvalue weighted by Crippen LogP contribution is -2.28. The Morgan fingerprint density at radius 2 is 2.20 bits per heavy atom. The lowest BCUT2D eigenvalue weighted by atomic mass is 10.0. The summed E-state index contributed by atoms with van der Waals surface area (Å²) in [5.41, 5.74) is 0.716. The summed E-state index contributed by atoms with van der Waals surface area (Å²) in [4.78, 5) is 17.4. The standard InChI is InChI=1S/C17H26N4O3S/c1-10(2)21-15(14-11(3)6-7-24-14)19-20(17(21)22)8-13-9-25-16(18-13)12(4)23-5/h9-12,14H,6-8H2,1-5H3/t11-,12-,14+/m1/s1. The minimum absolute atomic E-state index is 0.0344. The predicted molar refractivity (Wildman–Crippen MR) is 96.0 cm³/mol. The summed E-state index contributed by atoms with van der Waals surface area (Å²) in [7, 11) is 1.66. The SMILES string of the molecule is CO[C@H](C)c1nc(Cn2nc([C@H]3OCC[C@H]3C)n(C(C)C)c2=O)cs1. The minimum atomic E-state index is -0.115. The summed E-state index contributed by atoms with van der Waals surface area (Å²) in [5, 5.41) is 7.47. The van der Waals surface area contributed by atoms with Gasteiger partial charge in [0.1, 0.15) is 17.2 Å². The molecule has 3 heterocycles. The van der Waals surface area contributed by atoms with Crippen molar-refractivity contribution in [2.24, 2.45) is 5.92 Å². The van der Waals surface area contributed by atoms with Gasteiger partial charge in [-0.15, -0.1) is 11.3 Å². The van der Waals surface area contributed by atoms with Gasteiger partial charge >= 0.3 is 5.69 Å². The summed E-state index contributed by atoms with van der Waals surface area (Å²) < 4.78 is 14.4. The maximum Gasteiger partial charge on any atom is 0.346 e. The second kappa shape index (κ2) is 7.39. The fourth-order valence-electron chi connectivity index (χ4n) is 3.08. The van der Waals surface area contributed by atoms with E-state index in [2.05, 4.69) is 17.0 Å². The largest absolute Gasteiger partial charge is 0.375 e. The molecule has 1 saturated heterocycles. The molecule has 0 spiro atoms. The van der Waals surface area contributed by atoms with Crippen LogP contribution in [0.3, 0.4) is 0 Å². The maximum atomic E-state index is 12.9. The molecule has 3 atom stereocenters. The Morgan fingerprint density at radius 3 is 2.80 bits per heavy atom. The van der Waals surface area contributed by atoms with E-state index >= 15 is 0 Å². The predicted octanol–water partition coefficient (Wildman–Crippen LogP) is 2.94. The minimum Gasteiger partial charge on any atom is -0.375 e. The Morgan fingerprint density at radius 1 is 1.44 bits per heavy atom. The number of ether oxygens (including phenoxy) is 2. The molecule has 8 heteroatoms. The maximum absolute atomic E-state index is 12.9. The third kappa shape index (κ3) is 3.56. The molecular weight excluding hydrogens is 340 g/mol. The van der Waals surface area contributed by atoms with E-state index in [1.54, 1.807) is 11.7 Å². The fourth-order valence-corrected chi connectivity index (χ4v) is 3.92. The van der Waals surface area contributed by atoms with Crippen LogP contribution < -0.4 is 5.69 Å². The number of aromatic nitrogens is 4. The summed E-state index contributed by atoms with van der Waals surface area (Å²) >= 11 is 1.54. The number of thiazole rings is 1. The monoisotopic (exact) mass is 366 g/mol. The average molecular weight is 366 g/mol. The smallest absolute Gasteiger partial charge is 0.346 e. The number of rotatable bonds is 6. The van der Waals surface area contributed by atoms with Crippen molar-refractivity contribution < 1.29 is 9.47 Å². The number of methoxy groups -OCH3 is 1. The zero-order valence-corrected chi connectivity index (χ0v) is 16.2. The Bertz CT molecular complexity index is 779. The van der Waals surface area contributed by atoms with Crippen LogP contribution in [0.5, 0.6) is 0 Å². The first-order chi connectivity index (χ1) is 11.9. The lowest BCUT2D eigenvalue weighted by Gasteiger charge is -2.16. The molecule has 138 valence electrons. The molecule has 1 fully saturated rings. The van der Waals surface area contributed by atoms with Crippen LogP contribution in [-0.2, 0) is 16.0 Å². The van der Waals surface area contributed by atoms with Crippen LogP contribution in [0.2, 0.25) is 0 Å². The van der Waals surface area contributed by atoms with E-state index in [4.69, 9.17) is 9.47 Å². The van der Waals surface area contributed by atoms with Crippen LogP contribution in [0.4, 0.5) is 0 Å². The van der Waals surface area contributed by atoms with Crippen LogP contribution in [0, 0.1) is 5.92 Å². The molecule has 2 aromatic heterocycles. The van der Waals surface area contributed by atoms with Crippen molar-refractivity contribution in [2.75, 3.05) is 13.7 Å². The molecule has 7 nitrogen and oxygen atoms in total. The van der Waals surface area contributed by atoms with Crippen molar-refractivity contribution in [3.63, 3.8) is 0 Å². The van der Waals surface area contributed by atoms with E-state index < -0.39 is 0 Å².